The third kappa shape index (κ3) is 4.59. The number of nitrogens with one attached hydrogen (secondary N) is 1. The van der Waals surface area contributed by atoms with E-state index in [1.807, 2.05) is 0 Å². The third-order valence-corrected chi connectivity index (χ3v) is 3.59. The second-order valence-corrected chi connectivity index (χ2v) is 5.82. The van der Waals surface area contributed by atoms with Crippen molar-refractivity contribution in [1.29, 1.82) is 0 Å². The van der Waals surface area contributed by atoms with Gasteiger partial charge in [0.05, 0.1) is 11.2 Å². The quantitative estimate of drug-likeness (QED) is 0.812. The van der Waals surface area contributed by atoms with Gasteiger partial charge in [-0.05, 0) is 35.9 Å². The van der Waals surface area contributed by atoms with Crippen LogP contribution < -0.4 is 10.5 Å². The van der Waals surface area contributed by atoms with Gasteiger partial charge in [0.2, 0.25) is 15.9 Å². The Balaban J connectivity index is 1.89. The van der Waals surface area contributed by atoms with Crippen LogP contribution >= 0.6 is 0 Å². The van der Waals surface area contributed by atoms with Crippen LogP contribution in [0.1, 0.15) is 11.3 Å². The second kappa shape index (κ2) is 6.38. The van der Waals surface area contributed by atoms with Crippen LogP contribution in [0.5, 0.6) is 0 Å². The molecule has 1 aromatic carbocycles. The number of hydrogen-bond acceptors (Lipinski definition) is 4. The maximum Gasteiger partial charge on any atom is 0.244 e. The fraction of sp³-hybridized carbons (Fsp3) is 0.0714. The zero-order valence-corrected chi connectivity index (χ0v) is 11.8. The largest absolute Gasteiger partial charge is 0.465 e. The highest BCUT2D eigenvalue weighted by Gasteiger charge is 2.06. The lowest BCUT2D eigenvalue weighted by Gasteiger charge is -2.03. The van der Waals surface area contributed by atoms with E-state index >= 15 is 0 Å². The van der Waals surface area contributed by atoms with Crippen molar-refractivity contribution in [3.63, 3.8) is 0 Å². The number of sulfonamides is 1. The van der Waals surface area contributed by atoms with E-state index in [9.17, 15) is 13.2 Å². The Labute approximate surface area is 122 Å². The van der Waals surface area contributed by atoms with Crippen molar-refractivity contribution in [3.8, 4) is 0 Å². The van der Waals surface area contributed by atoms with Gasteiger partial charge in [0.1, 0.15) is 5.76 Å². The van der Waals surface area contributed by atoms with E-state index in [1.165, 1.54) is 24.5 Å². The smallest absolute Gasteiger partial charge is 0.244 e. The molecule has 21 heavy (non-hydrogen) atoms. The third-order valence-electron chi connectivity index (χ3n) is 2.66. The minimum Gasteiger partial charge on any atom is -0.465 e. The highest BCUT2D eigenvalue weighted by atomic mass is 32.2. The molecule has 0 aliphatic rings. The number of carbonyl (C=O) groups is 1. The van der Waals surface area contributed by atoms with Crippen LogP contribution in [0.4, 0.5) is 0 Å². The summed E-state index contributed by atoms with van der Waals surface area (Å²) in [7, 11) is -3.69. The van der Waals surface area contributed by atoms with Gasteiger partial charge in [-0.1, -0.05) is 12.1 Å². The number of carbonyl (C=O) groups excluding carboxylic acids is 1. The van der Waals surface area contributed by atoms with Gasteiger partial charge in [-0.15, -0.1) is 0 Å². The Hall–Kier alpha value is -2.38. The fourth-order valence-corrected chi connectivity index (χ4v) is 2.10. The maximum atomic E-state index is 11.6. The average Bonchev–Trinajstić information content (AvgIpc) is 2.95. The summed E-state index contributed by atoms with van der Waals surface area (Å²) in [4.78, 5) is 11.6. The molecule has 110 valence electrons. The molecule has 2 aromatic rings. The fourth-order valence-electron chi connectivity index (χ4n) is 1.59. The van der Waals surface area contributed by atoms with Gasteiger partial charge in [0.25, 0.3) is 0 Å². The molecule has 6 nitrogen and oxygen atoms in total. The molecule has 0 saturated carbocycles. The molecule has 0 bridgehead atoms. The summed E-state index contributed by atoms with van der Waals surface area (Å²) in [5.41, 5.74) is 0.766. The molecule has 0 radical (unpaired) electrons. The van der Waals surface area contributed by atoms with Crippen LogP contribution in [-0.4, -0.2) is 14.3 Å². The molecular weight excluding hydrogens is 292 g/mol. The van der Waals surface area contributed by atoms with E-state index in [-0.39, 0.29) is 17.3 Å². The number of furan rings is 1. The maximum absolute atomic E-state index is 11.6. The van der Waals surface area contributed by atoms with Crippen molar-refractivity contribution in [2.45, 2.75) is 11.4 Å². The van der Waals surface area contributed by atoms with Crippen molar-refractivity contribution in [2.75, 3.05) is 0 Å². The van der Waals surface area contributed by atoms with Crippen LogP contribution in [0, 0.1) is 0 Å². The molecule has 0 aliphatic heterocycles. The van der Waals surface area contributed by atoms with E-state index in [2.05, 4.69) is 5.32 Å². The molecule has 3 N–H and O–H groups in total. The monoisotopic (exact) mass is 306 g/mol. The summed E-state index contributed by atoms with van der Waals surface area (Å²) in [5.74, 6) is 0.310. The first kappa shape index (κ1) is 15.0. The topological polar surface area (TPSA) is 102 Å². The Morgan fingerprint density at radius 3 is 2.52 bits per heavy atom. The van der Waals surface area contributed by atoms with E-state index < -0.39 is 10.0 Å². The molecule has 0 unspecified atom stereocenters. The van der Waals surface area contributed by atoms with Crippen molar-refractivity contribution >= 4 is 22.0 Å². The molecule has 2 rings (SSSR count). The summed E-state index contributed by atoms with van der Waals surface area (Å²) in [5, 5.41) is 7.67. The SMILES string of the molecule is NS(=O)(=O)c1ccc(CNC(=O)C=Cc2ccco2)cc1. The van der Waals surface area contributed by atoms with Gasteiger partial charge in [-0.25, -0.2) is 13.6 Å². The molecular formula is C14H14N2O4S. The Bertz CT molecular complexity index is 732. The van der Waals surface area contributed by atoms with E-state index in [1.54, 1.807) is 30.3 Å². The minimum absolute atomic E-state index is 0.0373. The predicted molar refractivity (Wildman–Crippen MR) is 77.4 cm³/mol. The Morgan fingerprint density at radius 1 is 1.24 bits per heavy atom. The summed E-state index contributed by atoms with van der Waals surface area (Å²) in [6.45, 7) is 0.284. The molecule has 0 saturated heterocycles. The van der Waals surface area contributed by atoms with Crippen LogP contribution in [-0.2, 0) is 21.4 Å². The van der Waals surface area contributed by atoms with Gasteiger partial charge in [0, 0.05) is 12.6 Å². The van der Waals surface area contributed by atoms with Gasteiger partial charge < -0.3 is 9.73 Å². The van der Waals surface area contributed by atoms with E-state index in [4.69, 9.17) is 9.56 Å². The number of primary sulfonamides is 1. The standard InChI is InChI=1S/C14H14N2O4S/c15-21(18,19)13-6-3-11(4-7-13)10-16-14(17)8-5-12-2-1-9-20-12/h1-9H,10H2,(H,16,17)(H2,15,18,19). The summed E-state index contributed by atoms with van der Waals surface area (Å²) >= 11 is 0. The highest BCUT2D eigenvalue weighted by molar-refractivity contribution is 7.89. The van der Waals surface area contributed by atoms with Gasteiger partial charge in [-0.2, -0.15) is 0 Å². The van der Waals surface area contributed by atoms with E-state index in [0.717, 1.165) is 5.56 Å². The Morgan fingerprint density at radius 2 is 1.95 bits per heavy atom. The van der Waals surface area contributed by atoms with Crippen LogP contribution in [0.15, 0.2) is 58.1 Å². The number of hydrogen-bond donors (Lipinski definition) is 2. The number of amides is 1. The van der Waals surface area contributed by atoms with Crippen molar-refractivity contribution < 1.29 is 17.6 Å². The second-order valence-electron chi connectivity index (χ2n) is 4.26. The van der Waals surface area contributed by atoms with Gasteiger partial charge >= 0.3 is 0 Å². The normalized spacial score (nSPS) is 11.7. The lowest BCUT2D eigenvalue weighted by atomic mass is 10.2. The molecule has 0 atom stereocenters. The minimum atomic E-state index is -3.69. The summed E-state index contributed by atoms with van der Waals surface area (Å²) < 4.78 is 27.3. The summed E-state index contributed by atoms with van der Waals surface area (Å²) in [6, 6.07) is 9.44. The predicted octanol–water partition coefficient (Wildman–Crippen LogP) is 1.26. The first-order chi connectivity index (χ1) is 9.95. The van der Waals surface area contributed by atoms with Crippen LogP contribution in [0.3, 0.4) is 0 Å². The molecule has 0 fully saturated rings. The average molecular weight is 306 g/mol. The number of nitrogens with two attached hydrogens (primary N) is 1. The first-order valence-corrected chi connectivity index (χ1v) is 7.61. The highest BCUT2D eigenvalue weighted by Crippen LogP contribution is 2.08. The van der Waals surface area contributed by atoms with Crippen molar-refractivity contribution in [3.05, 3.63) is 60.1 Å². The van der Waals surface area contributed by atoms with E-state index in [0.29, 0.717) is 5.76 Å². The number of benzene rings is 1. The van der Waals surface area contributed by atoms with Crippen molar-refractivity contribution in [2.24, 2.45) is 5.14 Å². The van der Waals surface area contributed by atoms with Crippen LogP contribution in [0.25, 0.3) is 6.08 Å². The van der Waals surface area contributed by atoms with Crippen molar-refractivity contribution in [1.82, 2.24) is 5.32 Å². The lowest BCUT2D eigenvalue weighted by molar-refractivity contribution is -0.116. The zero-order chi connectivity index (χ0) is 15.3. The molecule has 7 heteroatoms. The molecule has 1 aromatic heterocycles. The number of rotatable bonds is 5. The summed E-state index contributed by atoms with van der Waals surface area (Å²) in [6.07, 6.45) is 4.43. The van der Waals surface area contributed by atoms with Crippen LogP contribution in [0.2, 0.25) is 0 Å². The molecule has 1 heterocycles. The molecule has 0 aliphatic carbocycles. The first-order valence-electron chi connectivity index (χ1n) is 6.06. The molecule has 1 amide bonds. The van der Waals surface area contributed by atoms with Gasteiger partial charge in [-0.3, -0.25) is 4.79 Å². The van der Waals surface area contributed by atoms with Gasteiger partial charge in [0.15, 0.2) is 0 Å². The Kier molecular flexibility index (Phi) is 4.56. The lowest BCUT2D eigenvalue weighted by Crippen LogP contribution is -2.20. The molecule has 0 spiro atoms. The zero-order valence-electron chi connectivity index (χ0n) is 11.0.